The average molecular weight is 161 g/mol. The normalized spacial score (nSPS) is 10.4. The third kappa shape index (κ3) is 9.88. The van der Waals surface area contributed by atoms with Gasteiger partial charge in [0.25, 0.3) is 0 Å². The van der Waals surface area contributed by atoms with Crippen LogP contribution in [0.25, 0.3) is 0 Å². The van der Waals surface area contributed by atoms with Crippen LogP contribution in [0.15, 0.2) is 0 Å². The molecule has 0 saturated carbocycles. The average Bonchev–Trinajstić information content (AvgIpc) is 2.03. The summed E-state index contributed by atoms with van der Waals surface area (Å²) in [6.07, 6.45) is 7.90. The first-order valence-electron chi connectivity index (χ1n) is 4.16. The van der Waals surface area contributed by atoms with Gasteiger partial charge in [0, 0.05) is 0 Å². The Morgan fingerprint density at radius 3 is 2.73 bits per heavy atom. The van der Waals surface area contributed by atoms with E-state index in [1.807, 2.05) is 0 Å². The summed E-state index contributed by atoms with van der Waals surface area (Å²) in [6.45, 7) is 2.62. The van der Waals surface area contributed by atoms with Crippen LogP contribution in [0.2, 0.25) is 0 Å². The molecule has 0 saturated heterocycles. The number of unbranched alkanes of at least 4 members (excludes halogenated alkanes) is 5. The molecule has 67 valence electrons. The molecule has 0 aliphatic rings. The zero-order valence-electron chi connectivity index (χ0n) is 7.08. The molecule has 0 aromatic carbocycles. The molecule has 0 fully saturated rings. The highest BCUT2D eigenvalue weighted by atomic mass is 17.5. The lowest BCUT2D eigenvalue weighted by Gasteiger charge is -1.98. The standard InChI is InChI=1S/C8H17O3/c1-2-3-4-5-6-7-8-10-11-9/h6,9H,2-5,7-8H2,1H3. The van der Waals surface area contributed by atoms with Crippen molar-refractivity contribution in [2.75, 3.05) is 6.61 Å². The van der Waals surface area contributed by atoms with Crippen molar-refractivity contribution in [3.05, 3.63) is 6.42 Å². The Morgan fingerprint density at radius 2 is 2.09 bits per heavy atom. The summed E-state index contributed by atoms with van der Waals surface area (Å²) in [5, 5.41) is 11.2. The third-order valence-electron chi connectivity index (χ3n) is 1.47. The molecule has 0 unspecified atom stereocenters. The van der Waals surface area contributed by atoms with E-state index in [1.54, 1.807) is 0 Å². The molecule has 3 nitrogen and oxygen atoms in total. The summed E-state index contributed by atoms with van der Waals surface area (Å²) in [6, 6.07) is 0. The van der Waals surface area contributed by atoms with Crippen molar-refractivity contribution in [1.29, 1.82) is 0 Å². The second-order valence-corrected chi connectivity index (χ2v) is 2.47. The van der Waals surface area contributed by atoms with E-state index in [2.05, 4.69) is 23.3 Å². The van der Waals surface area contributed by atoms with Gasteiger partial charge in [0.05, 0.1) is 6.61 Å². The summed E-state index contributed by atoms with van der Waals surface area (Å²) in [5.41, 5.74) is 0. The molecule has 0 bridgehead atoms. The summed E-state index contributed by atoms with van der Waals surface area (Å²) in [5.74, 6) is 0. The molecule has 0 aliphatic carbocycles. The SMILES string of the molecule is CCCCC[CH]CCOOO. The van der Waals surface area contributed by atoms with E-state index in [1.165, 1.54) is 19.3 Å². The van der Waals surface area contributed by atoms with Crippen molar-refractivity contribution >= 4 is 0 Å². The van der Waals surface area contributed by atoms with Gasteiger partial charge in [0.15, 0.2) is 0 Å². The number of hydrogen-bond acceptors (Lipinski definition) is 3. The van der Waals surface area contributed by atoms with Gasteiger partial charge >= 0.3 is 0 Å². The van der Waals surface area contributed by atoms with Crippen molar-refractivity contribution in [3.8, 4) is 0 Å². The second-order valence-electron chi connectivity index (χ2n) is 2.47. The van der Waals surface area contributed by atoms with Crippen molar-refractivity contribution in [2.45, 2.75) is 39.0 Å². The second kappa shape index (κ2) is 9.88. The molecule has 0 aromatic heterocycles. The molecule has 11 heavy (non-hydrogen) atoms. The Balaban J connectivity index is 2.69. The number of rotatable bonds is 8. The maximum atomic E-state index is 7.77. The topological polar surface area (TPSA) is 38.7 Å². The maximum absolute atomic E-state index is 7.77. The lowest BCUT2D eigenvalue weighted by molar-refractivity contribution is -0.490. The zero-order chi connectivity index (χ0) is 8.36. The van der Waals surface area contributed by atoms with Gasteiger partial charge in [-0.25, -0.2) is 10.1 Å². The van der Waals surface area contributed by atoms with Gasteiger partial charge in [0.2, 0.25) is 0 Å². The fourth-order valence-corrected chi connectivity index (χ4v) is 0.852. The van der Waals surface area contributed by atoms with E-state index in [-0.39, 0.29) is 0 Å². The van der Waals surface area contributed by atoms with E-state index in [9.17, 15) is 0 Å². The van der Waals surface area contributed by atoms with E-state index in [4.69, 9.17) is 5.26 Å². The van der Waals surface area contributed by atoms with Gasteiger partial charge in [-0.2, -0.15) is 0 Å². The highest BCUT2D eigenvalue weighted by molar-refractivity contribution is 4.62. The quantitative estimate of drug-likeness (QED) is 0.338. The van der Waals surface area contributed by atoms with Crippen LogP contribution in [0.3, 0.4) is 0 Å². The number of hydrogen-bond donors (Lipinski definition) is 1. The first-order valence-corrected chi connectivity index (χ1v) is 4.16. The first-order chi connectivity index (χ1) is 5.41. The summed E-state index contributed by atoms with van der Waals surface area (Å²) >= 11 is 0. The van der Waals surface area contributed by atoms with Gasteiger partial charge in [-0.05, 0) is 12.8 Å². The first kappa shape index (κ1) is 10.9. The van der Waals surface area contributed by atoms with Crippen molar-refractivity contribution in [2.24, 2.45) is 0 Å². The summed E-state index contributed by atoms with van der Waals surface area (Å²) < 4.78 is 0. The van der Waals surface area contributed by atoms with Crippen LogP contribution in [0, 0.1) is 6.42 Å². The van der Waals surface area contributed by atoms with Crippen LogP contribution >= 0.6 is 0 Å². The molecule has 0 amide bonds. The van der Waals surface area contributed by atoms with Crippen molar-refractivity contribution in [3.63, 3.8) is 0 Å². The Hall–Kier alpha value is -0.120. The van der Waals surface area contributed by atoms with E-state index in [0.29, 0.717) is 6.61 Å². The Morgan fingerprint density at radius 1 is 1.27 bits per heavy atom. The minimum atomic E-state index is 0.433. The van der Waals surface area contributed by atoms with Crippen molar-refractivity contribution in [1.82, 2.24) is 0 Å². The van der Waals surface area contributed by atoms with Gasteiger partial charge in [-0.3, -0.25) is 0 Å². The molecule has 0 atom stereocenters. The molecule has 0 heterocycles. The van der Waals surface area contributed by atoms with Crippen LogP contribution in [0.1, 0.15) is 39.0 Å². The minimum absolute atomic E-state index is 0.433. The van der Waals surface area contributed by atoms with Gasteiger partial charge in [-0.15, -0.1) is 0 Å². The molecule has 0 spiro atoms. The highest BCUT2D eigenvalue weighted by Gasteiger charge is 1.90. The molecule has 1 radical (unpaired) electrons. The minimum Gasteiger partial charge on any atom is -0.221 e. The Bertz CT molecular complexity index is 58.4. The van der Waals surface area contributed by atoms with E-state index in [0.717, 1.165) is 12.8 Å². The van der Waals surface area contributed by atoms with Gasteiger partial charge in [0.1, 0.15) is 0 Å². The smallest absolute Gasteiger partial charge is 0.0856 e. The van der Waals surface area contributed by atoms with Crippen LogP contribution in [-0.2, 0) is 9.93 Å². The largest absolute Gasteiger partial charge is 0.221 e. The molecule has 3 heteroatoms. The molecular weight excluding hydrogens is 144 g/mol. The predicted octanol–water partition coefficient (Wildman–Crippen LogP) is 2.58. The highest BCUT2D eigenvalue weighted by Crippen LogP contribution is 2.03. The Kier molecular flexibility index (Phi) is 9.77. The van der Waals surface area contributed by atoms with Crippen LogP contribution in [0.4, 0.5) is 0 Å². The lowest BCUT2D eigenvalue weighted by Crippen LogP contribution is -1.93. The fourth-order valence-electron chi connectivity index (χ4n) is 0.852. The van der Waals surface area contributed by atoms with Gasteiger partial charge < -0.3 is 0 Å². The summed E-state index contributed by atoms with van der Waals surface area (Å²) in [4.78, 5) is 4.26. The molecule has 0 aliphatic heterocycles. The van der Waals surface area contributed by atoms with Crippen LogP contribution in [0.5, 0.6) is 0 Å². The van der Waals surface area contributed by atoms with Gasteiger partial charge in [-0.1, -0.05) is 37.6 Å². The van der Waals surface area contributed by atoms with Crippen LogP contribution < -0.4 is 0 Å². The Labute approximate surface area is 68.2 Å². The molecule has 1 N–H and O–H groups in total. The van der Waals surface area contributed by atoms with E-state index >= 15 is 0 Å². The fraction of sp³-hybridized carbons (Fsp3) is 0.875. The van der Waals surface area contributed by atoms with E-state index < -0.39 is 0 Å². The maximum Gasteiger partial charge on any atom is 0.0856 e. The molecular formula is C8H17O3. The summed E-state index contributed by atoms with van der Waals surface area (Å²) in [7, 11) is 0. The lowest BCUT2D eigenvalue weighted by atomic mass is 10.1. The molecule has 0 rings (SSSR count). The monoisotopic (exact) mass is 161 g/mol. The zero-order valence-corrected chi connectivity index (χ0v) is 7.08. The van der Waals surface area contributed by atoms with Crippen LogP contribution in [-0.4, -0.2) is 11.9 Å². The predicted molar refractivity (Wildman–Crippen MR) is 42.7 cm³/mol. The molecule has 0 aromatic rings. The third-order valence-corrected chi connectivity index (χ3v) is 1.47. The van der Waals surface area contributed by atoms with Crippen molar-refractivity contribution < 1.29 is 15.2 Å².